The summed E-state index contributed by atoms with van der Waals surface area (Å²) >= 11 is 0. The van der Waals surface area contributed by atoms with Gasteiger partial charge in [0, 0.05) is 12.3 Å². The summed E-state index contributed by atoms with van der Waals surface area (Å²) in [5.41, 5.74) is -1.76. The van der Waals surface area contributed by atoms with Crippen LogP contribution in [0.25, 0.3) is 0 Å². The molecule has 0 bridgehead atoms. The molecule has 1 unspecified atom stereocenters. The van der Waals surface area contributed by atoms with Crippen LogP contribution in [-0.2, 0) is 18.6 Å². The lowest BCUT2D eigenvalue weighted by Gasteiger charge is -2.41. The van der Waals surface area contributed by atoms with Gasteiger partial charge in [-0.15, -0.1) is 0 Å². The molecule has 2 aliphatic heterocycles. The van der Waals surface area contributed by atoms with Crippen LogP contribution in [0.3, 0.4) is 0 Å². The van der Waals surface area contributed by atoms with E-state index in [4.69, 9.17) is 18.6 Å². The van der Waals surface area contributed by atoms with Crippen LogP contribution in [0.1, 0.15) is 68.5 Å². The van der Waals surface area contributed by atoms with Crippen LogP contribution >= 0.6 is 0 Å². The zero-order valence-electron chi connectivity index (χ0n) is 22.1. The fraction of sp³-hybridized carbons (Fsp3) is 0.826. The van der Waals surface area contributed by atoms with Crippen molar-refractivity contribution in [3.63, 3.8) is 0 Å². The number of hydrogen-bond donors (Lipinski definition) is 1. The fourth-order valence-corrected chi connectivity index (χ4v) is 7.58. The highest BCUT2D eigenvalue weighted by atomic mass is 28.4. The second kappa shape index (κ2) is 8.27. The third kappa shape index (κ3) is 5.62. The van der Waals surface area contributed by atoms with E-state index >= 15 is 0 Å². The first-order chi connectivity index (χ1) is 14.8. The summed E-state index contributed by atoms with van der Waals surface area (Å²) in [6, 6.07) is 1.34. The minimum atomic E-state index is -2.27. The van der Waals surface area contributed by atoms with Crippen LogP contribution in [0, 0.1) is 0 Å². The molecule has 1 aromatic rings. The molecular weight excluding hydrogens is 456 g/mol. The quantitative estimate of drug-likeness (QED) is 0.628. The van der Waals surface area contributed by atoms with Crippen molar-refractivity contribution in [2.24, 2.45) is 0 Å². The second-order valence-electron chi connectivity index (χ2n) is 12.9. The van der Waals surface area contributed by atoms with Gasteiger partial charge in [0.25, 0.3) is 5.56 Å². The average Bonchev–Trinajstić information content (AvgIpc) is 3.17. The van der Waals surface area contributed by atoms with Gasteiger partial charge in [0.2, 0.25) is 0 Å². The maximum Gasteiger partial charge on any atom is 0.330 e. The molecule has 2 aliphatic rings. The summed E-state index contributed by atoms with van der Waals surface area (Å²) in [5, 5.41) is -0.633. The van der Waals surface area contributed by atoms with Crippen LogP contribution in [0.15, 0.2) is 21.9 Å². The van der Waals surface area contributed by atoms with Crippen molar-refractivity contribution in [2.75, 3.05) is 0 Å². The first kappa shape index (κ1) is 26.6. The van der Waals surface area contributed by atoms with Gasteiger partial charge < -0.3 is 18.6 Å². The number of aromatic nitrogens is 2. The van der Waals surface area contributed by atoms with Crippen LogP contribution in [0.4, 0.5) is 0 Å². The summed E-state index contributed by atoms with van der Waals surface area (Å²) in [6.07, 6.45) is -0.106. The first-order valence-corrected chi connectivity index (χ1v) is 16.2. The summed E-state index contributed by atoms with van der Waals surface area (Å²) < 4.78 is 28.1. The molecule has 0 amide bonds. The Kier molecular flexibility index (Phi) is 6.65. The normalized spacial score (nSPS) is 31.5. The van der Waals surface area contributed by atoms with Gasteiger partial charge in [0.05, 0.1) is 16.9 Å². The number of aromatic amines is 1. The maximum absolute atomic E-state index is 12.8. The Hall–Kier alpha value is -1.05. The third-order valence-electron chi connectivity index (χ3n) is 6.63. The Morgan fingerprint density at radius 2 is 1.61 bits per heavy atom. The molecule has 3 rings (SSSR count). The molecule has 3 heterocycles. The first-order valence-electron chi connectivity index (χ1n) is 11.8. The largest absolute Gasteiger partial charge is 0.407 e. The van der Waals surface area contributed by atoms with E-state index in [1.165, 1.54) is 16.8 Å². The lowest BCUT2D eigenvalue weighted by molar-refractivity contribution is -0.140. The molecule has 10 heteroatoms. The molecule has 0 aromatic carbocycles. The predicted octanol–water partition coefficient (Wildman–Crippen LogP) is 2.66. The minimum Gasteiger partial charge on any atom is -0.407 e. The zero-order chi connectivity index (χ0) is 25.2. The highest BCUT2D eigenvalue weighted by molar-refractivity contribution is 6.74. The SMILES string of the molecule is CC(C)(C)OC1[SiH2][C@@]12O[C@@H](n1ccc(=O)[nH]c1=O)[C@H](O[Si](C)(C)C(C)(C)C)[C@@H]2OC(C)(C)C. The van der Waals surface area contributed by atoms with Gasteiger partial charge in [-0.05, 0) is 59.7 Å². The third-order valence-corrected chi connectivity index (χ3v) is 13.4. The number of ether oxygens (including phenoxy) is 3. The van der Waals surface area contributed by atoms with Gasteiger partial charge in [-0.25, -0.2) is 4.79 Å². The van der Waals surface area contributed by atoms with E-state index in [0.29, 0.717) is 0 Å². The van der Waals surface area contributed by atoms with E-state index in [0.717, 1.165) is 0 Å². The van der Waals surface area contributed by atoms with Crippen molar-refractivity contribution in [1.82, 2.24) is 9.55 Å². The molecule has 1 spiro atoms. The summed E-state index contributed by atoms with van der Waals surface area (Å²) in [4.78, 5) is 26.9. The van der Waals surface area contributed by atoms with E-state index < -0.39 is 52.2 Å². The highest BCUT2D eigenvalue weighted by Gasteiger charge is 2.73. The summed E-state index contributed by atoms with van der Waals surface area (Å²) in [5.74, 6) is 0. The molecular formula is C23H42N2O6Si2. The number of H-pyrrole nitrogens is 1. The Balaban J connectivity index is 2.11. The molecule has 0 saturated carbocycles. The Morgan fingerprint density at radius 3 is 2.09 bits per heavy atom. The molecule has 5 atom stereocenters. The molecule has 2 fully saturated rings. The van der Waals surface area contributed by atoms with Gasteiger partial charge in [-0.3, -0.25) is 14.3 Å². The lowest BCUT2D eigenvalue weighted by atomic mass is 10.1. The van der Waals surface area contributed by atoms with Crippen molar-refractivity contribution in [3.05, 3.63) is 33.1 Å². The Labute approximate surface area is 200 Å². The zero-order valence-corrected chi connectivity index (χ0v) is 24.5. The highest BCUT2D eigenvalue weighted by Crippen LogP contribution is 2.54. The smallest absolute Gasteiger partial charge is 0.330 e. The van der Waals surface area contributed by atoms with Crippen molar-refractivity contribution in [3.8, 4) is 0 Å². The van der Waals surface area contributed by atoms with Crippen LogP contribution in [0.2, 0.25) is 18.1 Å². The van der Waals surface area contributed by atoms with Crippen molar-refractivity contribution < 1.29 is 18.6 Å². The summed E-state index contributed by atoms with van der Waals surface area (Å²) in [6.45, 7) is 23.1. The van der Waals surface area contributed by atoms with Gasteiger partial charge in [0.1, 0.15) is 27.0 Å². The van der Waals surface area contributed by atoms with E-state index in [2.05, 4.69) is 38.8 Å². The van der Waals surface area contributed by atoms with Crippen LogP contribution < -0.4 is 11.2 Å². The monoisotopic (exact) mass is 498 g/mol. The van der Waals surface area contributed by atoms with E-state index in [-0.39, 0.29) is 22.5 Å². The van der Waals surface area contributed by atoms with Crippen LogP contribution in [-0.4, -0.2) is 61.7 Å². The molecule has 0 radical (unpaired) electrons. The summed E-state index contributed by atoms with van der Waals surface area (Å²) in [7, 11) is -3.11. The number of nitrogens with zero attached hydrogens (tertiary/aromatic N) is 1. The van der Waals surface area contributed by atoms with E-state index in [9.17, 15) is 9.59 Å². The van der Waals surface area contributed by atoms with Gasteiger partial charge >= 0.3 is 5.69 Å². The standard InChI is InChI=1S/C23H42N2O6Si2/c1-20(2,3)28-16-15(31-33(10,11)22(7,8)9)17(25-13-12-14(26)24-19(25)27)29-23(16)18(32-23)30-21(4,5)6/h12-13,15-18H,32H2,1-11H3,(H,24,26,27)/t15-,16+,17-,18?,23-/m1/s1. The van der Waals surface area contributed by atoms with Gasteiger partial charge in [-0.2, -0.15) is 0 Å². The number of rotatable bonds is 5. The molecule has 1 N–H and O–H groups in total. The average molecular weight is 499 g/mol. The topological polar surface area (TPSA) is 91.8 Å². The Morgan fingerprint density at radius 1 is 1.03 bits per heavy atom. The predicted molar refractivity (Wildman–Crippen MR) is 134 cm³/mol. The molecule has 8 nitrogen and oxygen atoms in total. The lowest BCUT2D eigenvalue weighted by Crippen LogP contribution is -2.52. The van der Waals surface area contributed by atoms with Crippen LogP contribution in [0.5, 0.6) is 0 Å². The fourth-order valence-electron chi connectivity index (χ4n) is 4.04. The van der Waals surface area contributed by atoms with E-state index in [1.807, 2.05) is 41.5 Å². The molecule has 0 aliphatic carbocycles. The maximum atomic E-state index is 12.8. The molecule has 33 heavy (non-hydrogen) atoms. The van der Waals surface area contributed by atoms with Gasteiger partial charge in [0.15, 0.2) is 14.5 Å². The number of nitrogens with one attached hydrogen (secondary N) is 1. The van der Waals surface area contributed by atoms with Crippen molar-refractivity contribution >= 4 is 17.8 Å². The molecule has 1 aromatic heterocycles. The van der Waals surface area contributed by atoms with Crippen molar-refractivity contribution in [1.29, 1.82) is 0 Å². The number of hydrogen-bond acceptors (Lipinski definition) is 6. The Bertz CT molecular complexity index is 985. The second-order valence-corrected chi connectivity index (χ2v) is 19.9. The van der Waals surface area contributed by atoms with Gasteiger partial charge in [-0.1, -0.05) is 20.8 Å². The molecule has 188 valence electrons. The van der Waals surface area contributed by atoms with Crippen molar-refractivity contribution in [2.45, 2.75) is 121 Å². The molecule has 2 saturated heterocycles. The minimum absolute atomic E-state index is 0.0428. The van der Waals surface area contributed by atoms with E-state index in [1.54, 1.807) is 0 Å².